The van der Waals surface area contributed by atoms with Crippen LogP contribution in [0.5, 0.6) is 5.75 Å². The summed E-state index contributed by atoms with van der Waals surface area (Å²) in [6.45, 7) is 0. The zero-order chi connectivity index (χ0) is 19.5. The molecule has 0 aliphatic carbocycles. The van der Waals surface area contributed by atoms with Gasteiger partial charge in [-0.2, -0.15) is 15.0 Å². The van der Waals surface area contributed by atoms with Crippen molar-refractivity contribution < 1.29 is 9.90 Å². The second-order valence-corrected chi connectivity index (χ2v) is 5.66. The Hall–Kier alpha value is -4.45. The van der Waals surface area contributed by atoms with E-state index in [0.717, 1.165) is 5.39 Å². The molecule has 9 heteroatoms. The minimum absolute atomic E-state index is 0.0908. The lowest BCUT2D eigenvalue weighted by Gasteiger charge is -2.07. The van der Waals surface area contributed by atoms with Crippen LogP contribution in [-0.4, -0.2) is 31.1 Å². The summed E-state index contributed by atoms with van der Waals surface area (Å²) < 4.78 is 1.27. The molecule has 0 amide bonds. The number of azo groups is 1. The lowest BCUT2D eigenvalue weighted by molar-refractivity contribution is 0.112. The van der Waals surface area contributed by atoms with Crippen LogP contribution in [0.15, 0.2) is 65.2 Å². The Morgan fingerprint density at radius 1 is 1.14 bits per heavy atom. The lowest BCUT2D eigenvalue weighted by atomic mass is 10.0. The summed E-state index contributed by atoms with van der Waals surface area (Å²) in [6.07, 6.45) is 4.93. The maximum atomic E-state index is 11.3. The summed E-state index contributed by atoms with van der Waals surface area (Å²) in [4.78, 5) is 19.5. The molecule has 0 saturated carbocycles. The summed E-state index contributed by atoms with van der Waals surface area (Å²) in [6, 6.07) is 12.3. The number of aldehydes is 1. The monoisotopic (exact) mass is 369 g/mol. The molecule has 2 aromatic carbocycles. The Balaban J connectivity index is 1.90. The van der Waals surface area contributed by atoms with Crippen LogP contribution in [0.25, 0.3) is 16.7 Å². The Labute approximate surface area is 158 Å². The van der Waals surface area contributed by atoms with Crippen LogP contribution in [0.2, 0.25) is 0 Å². The smallest absolute Gasteiger partial charge is 0.252 e. The van der Waals surface area contributed by atoms with Gasteiger partial charge in [0.2, 0.25) is 0 Å². The normalized spacial score (nSPS) is 11.0. The minimum atomic E-state index is -0.294. The van der Waals surface area contributed by atoms with Gasteiger partial charge in [-0.15, -0.1) is 10.2 Å². The molecule has 2 aromatic heterocycles. The number of benzene rings is 2. The molecule has 0 fully saturated rings. The predicted molar refractivity (Wildman–Crippen MR) is 99.0 cm³/mol. The van der Waals surface area contributed by atoms with E-state index >= 15 is 0 Å². The molecular formula is C19H11N7O2. The highest BCUT2D eigenvalue weighted by Gasteiger charge is 2.16. The predicted octanol–water partition coefficient (Wildman–Crippen LogP) is 3.62. The van der Waals surface area contributed by atoms with Crippen LogP contribution in [0, 0.1) is 11.3 Å². The molecule has 0 saturated heterocycles. The number of nitriles is 1. The van der Waals surface area contributed by atoms with Crippen molar-refractivity contribution in [1.29, 1.82) is 5.26 Å². The van der Waals surface area contributed by atoms with Gasteiger partial charge in [-0.05, 0) is 17.5 Å². The second kappa shape index (κ2) is 7.05. The van der Waals surface area contributed by atoms with Crippen molar-refractivity contribution in [2.75, 3.05) is 0 Å². The van der Waals surface area contributed by atoms with E-state index in [1.54, 1.807) is 30.3 Å². The minimum Gasteiger partial charge on any atom is -0.505 e. The van der Waals surface area contributed by atoms with Crippen LogP contribution in [-0.2, 0) is 0 Å². The molecule has 4 rings (SSSR count). The first kappa shape index (κ1) is 17.0. The van der Waals surface area contributed by atoms with Gasteiger partial charge >= 0.3 is 0 Å². The zero-order valence-corrected chi connectivity index (χ0v) is 14.3. The molecule has 0 spiro atoms. The fourth-order valence-electron chi connectivity index (χ4n) is 2.69. The third-order valence-electron chi connectivity index (χ3n) is 4.00. The quantitative estimate of drug-likeness (QED) is 0.432. The molecule has 134 valence electrons. The summed E-state index contributed by atoms with van der Waals surface area (Å²) >= 11 is 0. The second-order valence-electron chi connectivity index (χ2n) is 5.66. The maximum absolute atomic E-state index is 11.3. The maximum Gasteiger partial charge on any atom is 0.252 e. The molecule has 4 aromatic rings. The fourth-order valence-corrected chi connectivity index (χ4v) is 2.69. The Kier molecular flexibility index (Phi) is 4.28. The number of phenolic OH excluding ortho intramolecular Hbond substituents is 1. The first-order valence-electron chi connectivity index (χ1n) is 8.10. The molecule has 0 aliphatic rings. The van der Waals surface area contributed by atoms with E-state index in [0.29, 0.717) is 11.7 Å². The van der Waals surface area contributed by atoms with Crippen molar-refractivity contribution in [2.45, 2.75) is 0 Å². The standard InChI is InChI=1S/C19H11N7O2/c20-9-14-10-23-26(19-21-6-3-7-22-19)18(14)25-24-16-15-5-2-1-4-12(15)8-13(11-27)17(16)28/h1-8,10-11,28H. The highest BCUT2D eigenvalue weighted by atomic mass is 16.3. The number of aromatic hydroxyl groups is 1. The van der Waals surface area contributed by atoms with Gasteiger partial charge in [-0.1, -0.05) is 24.3 Å². The van der Waals surface area contributed by atoms with Crippen LogP contribution in [0.1, 0.15) is 15.9 Å². The molecule has 0 aliphatic heterocycles. The number of phenols is 1. The van der Waals surface area contributed by atoms with Crippen molar-refractivity contribution in [3.8, 4) is 17.8 Å². The van der Waals surface area contributed by atoms with Crippen molar-refractivity contribution in [1.82, 2.24) is 19.7 Å². The molecule has 2 heterocycles. The number of carbonyl (C=O) groups excluding carboxylic acids is 1. The third-order valence-corrected chi connectivity index (χ3v) is 4.00. The highest BCUT2D eigenvalue weighted by molar-refractivity contribution is 6.01. The molecule has 0 unspecified atom stereocenters. The van der Waals surface area contributed by atoms with Crippen molar-refractivity contribution in [2.24, 2.45) is 10.2 Å². The van der Waals surface area contributed by atoms with Crippen LogP contribution >= 0.6 is 0 Å². The van der Waals surface area contributed by atoms with E-state index in [2.05, 4.69) is 25.3 Å². The zero-order valence-electron chi connectivity index (χ0n) is 14.3. The third kappa shape index (κ3) is 2.85. The van der Waals surface area contributed by atoms with Gasteiger partial charge in [0.05, 0.1) is 11.8 Å². The topological polar surface area (TPSA) is 129 Å². The number of hydrogen-bond acceptors (Lipinski definition) is 8. The van der Waals surface area contributed by atoms with E-state index < -0.39 is 0 Å². The van der Waals surface area contributed by atoms with Crippen LogP contribution in [0.3, 0.4) is 0 Å². The average Bonchev–Trinajstić information content (AvgIpc) is 3.16. The molecule has 0 atom stereocenters. The van der Waals surface area contributed by atoms with Gasteiger partial charge in [-0.25, -0.2) is 9.97 Å². The molecule has 0 bridgehead atoms. The Morgan fingerprint density at radius 3 is 2.68 bits per heavy atom. The number of carbonyl (C=O) groups is 1. The van der Waals surface area contributed by atoms with Gasteiger partial charge in [0.25, 0.3) is 5.95 Å². The van der Waals surface area contributed by atoms with Gasteiger partial charge in [0.15, 0.2) is 17.9 Å². The molecule has 0 radical (unpaired) electrons. The van der Waals surface area contributed by atoms with Crippen molar-refractivity contribution >= 4 is 28.6 Å². The summed E-state index contributed by atoms with van der Waals surface area (Å²) in [7, 11) is 0. The highest BCUT2D eigenvalue weighted by Crippen LogP contribution is 2.38. The largest absolute Gasteiger partial charge is 0.505 e. The first-order valence-corrected chi connectivity index (χ1v) is 8.10. The van der Waals surface area contributed by atoms with Crippen molar-refractivity contribution in [3.05, 3.63) is 66.1 Å². The summed E-state index contributed by atoms with van der Waals surface area (Å²) in [5, 5.41) is 33.4. The first-order chi connectivity index (χ1) is 13.7. The van der Waals surface area contributed by atoms with Crippen LogP contribution < -0.4 is 0 Å². The number of rotatable bonds is 4. The van der Waals surface area contributed by atoms with Gasteiger partial charge in [0, 0.05) is 17.8 Å². The van der Waals surface area contributed by atoms with Gasteiger partial charge in [-0.3, -0.25) is 4.79 Å². The van der Waals surface area contributed by atoms with E-state index in [1.165, 1.54) is 23.3 Å². The lowest BCUT2D eigenvalue weighted by Crippen LogP contribution is -2.01. The van der Waals surface area contributed by atoms with Gasteiger partial charge in [0.1, 0.15) is 17.3 Å². The van der Waals surface area contributed by atoms with Crippen molar-refractivity contribution in [3.63, 3.8) is 0 Å². The molecule has 1 N–H and O–H groups in total. The summed E-state index contributed by atoms with van der Waals surface area (Å²) in [5.41, 5.74) is 0.366. The Morgan fingerprint density at radius 2 is 1.93 bits per heavy atom. The number of nitrogens with zero attached hydrogens (tertiary/aromatic N) is 7. The van der Waals surface area contributed by atoms with E-state index in [4.69, 9.17) is 0 Å². The molecule has 9 nitrogen and oxygen atoms in total. The Bertz CT molecular complexity index is 1260. The number of aromatic nitrogens is 4. The molecule has 28 heavy (non-hydrogen) atoms. The number of fused-ring (bicyclic) bond motifs is 1. The van der Waals surface area contributed by atoms with Gasteiger partial charge < -0.3 is 5.11 Å². The van der Waals surface area contributed by atoms with E-state index in [-0.39, 0.29) is 34.3 Å². The SMILES string of the molecule is N#Cc1cnn(-c2ncccn2)c1N=Nc1c(O)c(C=O)cc2ccccc12. The number of hydrogen-bond donors (Lipinski definition) is 1. The van der Waals surface area contributed by atoms with E-state index in [9.17, 15) is 15.2 Å². The summed E-state index contributed by atoms with van der Waals surface area (Å²) in [5.74, 6) is 0.0281. The fraction of sp³-hybridized carbons (Fsp3) is 0. The average molecular weight is 369 g/mol. The van der Waals surface area contributed by atoms with Crippen LogP contribution in [0.4, 0.5) is 11.5 Å². The molecular weight excluding hydrogens is 358 g/mol. The van der Waals surface area contributed by atoms with E-state index in [1.807, 2.05) is 12.1 Å².